The number of nitrogens with two attached hydrogens (primary N) is 1. The summed E-state index contributed by atoms with van der Waals surface area (Å²) in [6.07, 6.45) is 4.46. The molecule has 1 saturated carbocycles. The summed E-state index contributed by atoms with van der Waals surface area (Å²) in [6, 6.07) is -0.0898. The molecule has 1 heterocycles. The smallest absolute Gasteiger partial charge is 0.229 e. The van der Waals surface area contributed by atoms with Gasteiger partial charge in [-0.05, 0) is 25.2 Å². The van der Waals surface area contributed by atoms with Crippen LogP contribution >= 0.6 is 11.3 Å². The third-order valence-electron chi connectivity index (χ3n) is 4.04. The molecule has 1 aliphatic rings. The fraction of sp³-hybridized carbons (Fsp3) is 0.714. The SMILES string of the molecule is CC(N)c1csc(NC(=O)C2CCCCC2(C)C)n1. The number of carbonyl (C=O) groups excluding carboxylic acids is 1. The Morgan fingerprint density at radius 1 is 1.58 bits per heavy atom. The van der Waals surface area contributed by atoms with Gasteiger partial charge in [0.25, 0.3) is 0 Å². The van der Waals surface area contributed by atoms with Crippen molar-refractivity contribution >= 4 is 22.4 Å². The lowest BCUT2D eigenvalue weighted by Gasteiger charge is -2.37. The van der Waals surface area contributed by atoms with Crippen molar-refractivity contribution in [2.45, 2.75) is 52.5 Å². The van der Waals surface area contributed by atoms with Gasteiger partial charge in [-0.15, -0.1) is 11.3 Å². The molecule has 1 aliphatic carbocycles. The van der Waals surface area contributed by atoms with Crippen molar-refractivity contribution in [2.75, 3.05) is 5.32 Å². The number of hydrogen-bond acceptors (Lipinski definition) is 4. The molecule has 2 atom stereocenters. The minimum atomic E-state index is -0.0898. The number of nitrogens with one attached hydrogen (secondary N) is 1. The predicted molar refractivity (Wildman–Crippen MR) is 79.1 cm³/mol. The van der Waals surface area contributed by atoms with E-state index < -0.39 is 0 Å². The highest BCUT2D eigenvalue weighted by Crippen LogP contribution is 2.41. The summed E-state index contributed by atoms with van der Waals surface area (Å²) in [5.74, 6) is 0.194. The Labute approximate surface area is 118 Å². The number of hydrogen-bond donors (Lipinski definition) is 2. The van der Waals surface area contributed by atoms with E-state index in [9.17, 15) is 4.79 Å². The van der Waals surface area contributed by atoms with Crippen LogP contribution in [0.2, 0.25) is 0 Å². The first-order chi connectivity index (χ1) is 8.90. The Kier molecular flexibility index (Phi) is 4.26. The zero-order chi connectivity index (χ0) is 14.0. The third-order valence-corrected chi connectivity index (χ3v) is 4.82. The molecule has 2 unspecified atom stereocenters. The van der Waals surface area contributed by atoms with Gasteiger partial charge in [0.05, 0.1) is 5.69 Å². The Morgan fingerprint density at radius 2 is 2.32 bits per heavy atom. The van der Waals surface area contributed by atoms with Crippen LogP contribution < -0.4 is 11.1 Å². The second-order valence-electron chi connectivity index (χ2n) is 6.14. The largest absolute Gasteiger partial charge is 0.323 e. The fourth-order valence-electron chi connectivity index (χ4n) is 2.73. The van der Waals surface area contributed by atoms with Crippen LogP contribution in [0.1, 0.15) is 58.2 Å². The number of carbonyl (C=O) groups is 1. The van der Waals surface area contributed by atoms with Gasteiger partial charge in [0.2, 0.25) is 5.91 Å². The van der Waals surface area contributed by atoms with E-state index >= 15 is 0 Å². The Morgan fingerprint density at radius 3 is 2.89 bits per heavy atom. The molecule has 0 aliphatic heterocycles. The second kappa shape index (κ2) is 5.59. The number of anilines is 1. The molecule has 5 heteroatoms. The molecular formula is C14H23N3OS. The number of rotatable bonds is 3. The van der Waals surface area contributed by atoms with Crippen LogP contribution in [-0.4, -0.2) is 10.9 Å². The van der Waals surface area contributed by atoms with Gasteiger partial charge < -0.3 is 11.1 Å². The maximum absolute atomic E-state index is 12.4. The topological polar surface area (TPSA) is 68.0 Å². The average Bonchev–Trinajstić information content (AvgIpc) is 2.76. The van der Waals surface area contributed by atoms with Crippen molar-refractivity contribution in [1.29, 1.82) is 0 Å². The summed E-state index contributed by atoms with van der Waals surface area (Å²) in [7, 11) is 0. The van der Waals surface area contributed by atoms with E-state index in [1.165, 1.54) is 17.8 Å². The molecule has 1 aromatic rings. The number of aromatic nitrogens is 1. The Balaban J connectivity index is 2.03. The normalized spacial score (nSPS) is 23.9. The Bertz CT molecular complexity index is 453. The monoisotopic (exact) mass is 281 g/mol. The molecule has 2 rings (SSSR count). The van der Waals surface area contributed by atoms with Gasteiger partial charge in [0, 0.05) is 17.3 Å². The fourth-order valence-corrected chi connectivity index (χ4v) is 3.54. The zero-order valence-corrected chi connectivity index (χ0v) is 12.7. The molecular weight excluding hydrogens is 258 g/mol. The molecule has 19 heavy (non-hydrogen) atoms. The van der Waals surface area contributed by atoms with Crippen molar-refractivity contribution in [2.24, 2.45) is 17.1 Å². The number of nitrogens with zero attached hydrogens (tertiary/aromatic N) is 1. The average molecular weight is 281 g/mol. The highest BCUT2D eigenvalue weighted by Gasteiger charge is 2.37. The minimum absolute atomic E-state index is 0.0869. The summed E-state index contributed by atoms with van der Waals surface area (Å²) >= 11 is 1.45. The molecule has 0 spiro atoms. The van der Waals surface area contributed by atoms with Crippen LogP contribution in [0.3, 0.4) is 0 Å². The molecule has 0 saturated heterocycles. The van der Waals surface area contributed by atoms with Crippen LogP contribution in [0, 0.1) is 11.3 Å². The van der Waals surface area contributed by atoms with Crippen LogP contribution in [-0.2, 0) is 4.79 Å². The molecule has 3 N–H and O–H groups in total. The van der Waals surface area contributed by atoms with E-state index in [2.05, 4.69) is 24.1 Å². The van der Waals surface area contributed by atoms with E-state index in [1.54, 1.807) is 0 Å². The van der Waals surface area contributed by atoms with Crippen molar-refractivity contribution < 1.29 is 4.79 Å². The summed E-state index contributed by atoms with van der Waals surface area (Å²) in [5.41, 5.74) is 6.70. The minimum Gasteiger partial charge on any atom is -0.323 e. The molecule has 106 valence electrons. The summed E-state index contributed by atoms with van der Waals surface area (Å²) < 4.78 is 0. The van der Waals surface area contributed by atoms with E-state index in [-0.39, 0.29) is 23.3 Å². The Hall–Kier alpha value is -0.940. The highest BCUT2D eigenvalue weighted by atomic mass is 32.1. The van der Waals surface area contributed by atoms with E-state index in [0.29, 0.717) is 5.13 Å². The maximum Gasteiger partial charge on any atom is 0.229 e. The van der Waals surface area contributed by atoms with Gasteiger partial charge in [0.15, 0.2) is 5.13 Å². The molecule has 0 radical (unpaired) electrons. The molecule has 0 aromatic carbocycles. The lowest BCUT2D eigenvalue weighted by atomic mass is 9.68. The van der Waals surface area contributed by atoms with Gasteiger partial charge in [-0.2, -0.15) is 0 Å². The first kappa shape index (κ1) is 14.5. The van der Waals surface area contributed by atoms with Gasteiger partial charge in [-0.25, -0.2) is 4.98 Å². The lowest BCUT2D eigenvalue weighted by molar-refractivity contribution is -0.124. The molecule has 1 fully saturated rings. The van der Waals surface area contributed by atoms with Gasteiger partial charge in [0.1, 0.15) is 0 Å². The van der Waals surface area contributed by atoms with Crippen molar-refractivity contribution in [3.63, 3.8) is 0 Å². The molecule has 4 nitrogen and oxygen atoms in total. The highest BCUT2D eigenvalue weighted by molar-refractivity contribution is 7.13. The third kappa shape index (κ3) is 3.34. The second-order valence-corrected chi connectivity index (χ2v) is 7.00. The predicted octanol–water partition coefficient (Wildman–Crippen LogP) is 3.32. The van der Waals surface area contributed by atoms with Gasteiger partial charge in [-0.3, -0.25) is 4.79 Å². The van der Waals surface area contributed by atoms with Crippen LogP contribution in [0.4, 0.5) is 5.13 Å². The summed E-state index contributed by atoms with van der Waals surface area (Å²) in [4.78, 5) is 16.7. The zero-order valence-electron chi connectivity index (χ0n) is 11.9. The first-order valence-corrected chi connectivity index (χ1v) is 7.80. The first-order valence-electron chi connectivity index (χ1n) is 6.92. The maximum atomic E-state index is 12.4. The standard InChI is InChI=1S/C14H23N3OS/c1-9(15)11-8-19-13(16-11)17-12(18)10-6-4-5-7-14(10,2)3/h8-10H,4-7,15H2,1-3H3,(H,16,17,18). The van der Waals surface area contributed by atoms with E-state index in [4.69, 9.17) is 5.73 Å². The molecule has 0 bridgehead atoms. The van der Waals surface area contributed by atoms with Crippen LogP contribution in [0.5, 0.6) is 0 Å². The van der Waals surface area contributed by atoms with E-state index in [1.807, 2.05) is 12.3 Å². The van der Waals surface area contributed by atoms with Crippen LogP contribution in [0.25, 0.3) is 0 Å². The van der Waals surface area contributed by atoms with Crippen molar-refractivity contribution in [3.05, 3.63) is 11.1 Å². The summed E-state index contributed by atoms with van der Waals surface area (Å²) in [5, 5.41) is 5.53. The van der Waals surface area contributed by atoms with E-state index in [0.717, 1.165) is 25.0 Å². The molecule has 1 aromatic heterocycles. The number of thiazole rings is 1. The van der Waals surface area contributed by atoms with Crippen LogP contribution in [0.15, 0.2) is 5.38 Å². The van der Waals surface area contributed by atoms with Gasteiger partial charge in [-0.1, -0.05) is 26.7 Å². The summed E-state index contributed by atoms with van der Waals surface area (Å²) in [6.45, 7) is 6.27. The molecule has 1 amide bonds. The number of amides is 1. The van der Waals surface area contributed by atoms with Crippen molar-refractivity contribution in [1.82, 2.24) is 4.98 Å². The lowest BCUT2D eigenvalue weighted by Crippen LogP contribution is -2.37. The quantitative estimate of drug-likeness (QED) is 0.893. The van der Waals surface area contributed by atoms with Gasteiger partial charge >= 0.3 is 0 Å². The van der Waals surface area contributed by atoms with Crippen molar-refractivity contribution in [3.8, 4) is 0 Å².